The molecule has 2 aromatic carbocycles. The lowest BCUT2D eigenvalue weighted by Gasteiger charge is -2.10. The van der Waals surface area contributed by atoms with Crippen molar-refractivity contribution < 1.29 is 4.79 Å². The summed E-state index contributed by atoms with van der Waals surface area (Å²) in [6.07, 6.45) is 3.22. The summed E-state index contributed by atoms with van der Waals surface area (Å²) in [7, 11) is 0. The second-order valence-corrected chi connectivity index (χ2v) is 8.66. The van der Waals surface area contributed by atoms with Crippen LogP contribution >= 0.6 is 11.3 Å². The largest absolute Gasteiger partial charge is 0.383 e. The maximum atomic E-state index is 13.1. The summed E-state index contributed by atoms with van der Waals surface area (Å²) in [6, 6.07) is 16.0. The van der Waals surface area contributed by atoms with Crippen LogP contribution in [0.3, 0.4) is 0 Å². The van der Waals surface area contributed by atoms with Gasteiger partial charge in [0.1, 0.15) is 11.4 Å². The van der Waals surface area contributed by atoms with Crippen LogP contribution < -0.4 is 11.1 Å². The molecule has 0 aliphatic heterocycles. The van der Waals surface area contributed by atoms with Gasteiger partial charge in [0, 0.05) is 38.5 Å². The Morgan fingerprint density at radius 2 is 2.00 bits per heavy atom. The minimum absolute atomic E-state index is 0.245. The number of nitrogens with two attached hydrogens (primary N) is 1. The number of rotatable bonds is 3. The molecule has 0 aliphatic carbocycles. The van der Waals surface area contributed by atoms with Crippen LogP contribution in [-0.4, -0.2) is 30.7 Å². The molecule has 0 unspecified atom stereocenters. The molecule has 32 heavy (non-hydrogen) atoms. The molecule has 0 radical (unpaired) electrons. The highest BCUT2D eigenvalue weighted by Gasteiger charge is 2.17. The van der Waals surface area contributed by atoms with Crippen molar-refractivity contribution in [1.29, 1.82) is 0 Å². The second kappa shape index (κ2) is 6.89. The van der Waals surface area contributed by atoms with Crippen LogP contribution in [0.1, 0.15) is 16.1 Å². The van der Waals surface area contributed by atoms with Gasteiger partial charge < -0.3 is 11.1 Å². The minimum Gasteiger partial charge on any atom is -0.383 e. The van der Waals surface area contributed by atoms with E-state index in [0.717, 1.165) is 27.0 Å². The number of aromatic nitrogens is 5. The number of carbonyl (C=O) groups excluding carboxylic acids is 1. The Balaban J connectivity index is 1.42. The van der Waals surface area contributed by atoms with E-state index in [1.807, 2.05) is 37.3 Å². The highest BCUT2D eigenvalue weighted by atomic mass is 32.1. The number of aryl methyl sites for hydroxylation is 1. The van der Waals surface area contributed by atoms with E-state index in [9.17, 15) is 4.79 Å². The molecule has 156 valence electrons. The Bertz CT molecular complexity index is 1630. The van der Waals surface area contributed by atoms with Gasteiger partial charge in [0.15, 0.2) is 5.65 Å². The number of benzene rings is 2. The van der Waals surface area contributed by atoms with Gasteiger partial charge in [0.25, 0.3) is 5.91 Å². The first-order chi connectivity index (χ1) is 15.6. The molecule has 6 rings (SSSR count). The molecule has 4 aromatic heterocycles. The van der Waals surface area contributed by atoms with E-state index in [0.29, 0.717) is 11.3 Å². The standard InChI is InChI=1S/C23H17N7OS/c1-12-6-20-25-11-17(22(24)30(20)29-12)23(31)27-15-7-14-10-26-28-21(14)16(9-15)19-8-13-4-2-3-5-18(13)32-19/h2-11H,24H2,1H3,(H,26,28)(H,27,31). The van der Waals surface area contributed by atoms with E-state index < -0.39 is 0 Å². The predicted molar refractivity (Wildman–Crippen MR) is 127 cm³/mol. The molecule has 0 spiro atoms. The summed E-state index contributed by atoms with van der Waals surface area (Å²) in [6.45, 7) is 1.85. The van der Waals surface area contributed by atoms with Gasteiger partial charge in [-0.15, -0.1) is 11.3 Å². The summed E-state index contributed by atoms with van der Waals surface area (Å²) >= 11 is 1.70. The molecule has 9 heteroatoms. The Morgan fingerprint density at radius 1 is 1.12 bits per heavy atom. The third kappa shape index (κ3) is 2.90. The monoisotopic (exact) mass is 439 g/mol. The van der Waals surface area contributed by atoms with Gasteiger partial charge in [-0.05, 0) is 36.6 Å². The zero-order valence-electron chi connectivity index (χ0n) is 17.0. The lowest BCUT2D eigenvalue weighted by Crippen LogP contribution is -2.17. The van der Waals surface area contributed by atoms with Gasteiger partial charge in [0.2, 0.25) is 0 Å². The van der Waals surface area contributed by atoms with Crippen LogP contribution in [0.4, 0.5) is 11.5 Å². The average Bonchev–Trinajstić information content (AvgIpc) is 3.50. The molecule has 1 amide bonds. The molecule has 0 bridgehead atoms. The quantitative estimate of drug-likeness (QED) is 0.372. The molecule has 0 atom stereocenters. The number of anilines is 2. The van der Waals surface area contributed by atoms with E-state index in [1.165, 1.54) is 20.8 Å². The van der Waals surface area contributed by atoms with E-state index in [2.05, 4.69) is 43.8 Å². The first-order valence-electron chi connectivity index (χ1n) is 9.95. The molecular formula is C23H17N7OS. The fourth-order valence-corrected chi connectivity index (χ4v) is 4.96. The van der Waals surface area contributed by atoms with Gasteiger partial charge in [-0.25, -0.2) is 4.98 Å². The maximum absolute atomic E-state index is 13.1. The van der Waals surface area contributed by atoms with Crippen LogP contribution in [-0.2, 0) is 0 Å². The van der Waals surface area contributed by atoms with Crippen LogP contribution in [0.15, 0.2) is 60.9 Å². The van der Waals surface area contributed by atoms with Crippen molar-refractivity contribution in [2.45, 2.75) is 6.92 Å². The van der Waals surface area contributed by atoms with Crippen molar-refractivity contribution in [2.75, 3.05) is 11.1 Å². The number of carbonyl (C=O) groups is 1. The van der Waals surface area contributed by atoms with E-state index >= 15 is 0 Å². The number of fused-ring (bicyclic) bond motifs is 3. The summed E-state index contributed by atoms with van der Waals surface area (Å²) in [4.78, 5) is 18.4. The Kier molecular flexibility index (Phi) is 3.99. The Hall–Kier alpha value is -4.24. The summed E-state index contributed by atoms with van der Waals surface area (Å²) in [5, 5.41) is 16.6. The highest BCUT2D eigenvalue weighted by molar-refractivity contribution is 7.22. The number of hydrogen-bond acceptors (Lipinski definition) is 6. The number of amides is 1. The number of aromatic amines is 1. The van der Waals surface area contributed by atoms with Crippen molar-refractivity contribution in [2.24, 2.45) is 0 Å². The van der Waals surface area contributed by atoms with Crippen LogP contribution in [0.25, 0.3) is 37.1 Å². The lowest BCUT2D eigenvalue weighted by atomic mass is 10.1. The fraction of sp³-hybridized carbons (Fsp3) is 0.0435. The van der Waals surface area contributed by atoms with Crippen molar-refractivity contribution in [3.05, 3.63) is 72.2 Å². The topological polar surface area (TPSA) is 114 Å². The Morgan fingerprint density at radius 3 is 2.88 bits per heavy atom. The molecule has 4 N–H and O–H groups in total. The summed E-state index contributed by atoms with van der Waals surface area (Å²) < 4.78 is 2.68. The van der Waals surface area contributed by atoms with Crippen molar-refractivity contribution in [3.8, 4) is 10.4 Å². The normalized spacial score (nSPS) is 11.5. The van der Waals surface area contributed by atoms with Crippen molar-refractivity contribution >= 4 is 55.4 Å². The SMILES string of the molecule is Cc1cc2ncc(C(=O)Nc3cc(-c4cc5ccccc5s4)c4[nH]ncc4c3)c(N)n2n1. The predicted octanol–water partition coefficient (Wildman–Crippen LogP) is 4.63. The van der Waals surface area contributed by atoms with Gasteiger partial charge in [-0.1, -0.05) is 18.2 Å². The van der Waals surface area contributed by atoms with Crippen LogP contribution in [0.2, 0.25) is 0 Å². The first kappa shape index (κ1) is 18.5. The number of nitrogen functional groups attached to an aromatic ring is 1. The fourth-order valence-electron chi connectivity index (χ4n) is 3.88. The molecule has 0 fully saturated rings. The summed E-state index contributed by atoms with van der Waals surface area (Å²) in [5.74, 6) is -0.107. The van der Waals surface area contributed by atoms with Gasteiger partial charge in [-0.3, -0.25) is 9.89 Å². The third-order valence-electron chi connectivity index (χ3n) is 5.39. The minimum atomic E-state index is -0.352. The van der Waals surface area contributed by atoms with E-state index in [-0.39, 0.29) is 17.3 Å². The number of nitrogens with zero attached hydrogens (tertiary/aromatic N) is 4. The number of nitrogens with one attached hydrogen (secondary N) is 2. The van der Waals surface area contributed by atoms with E-state index in [4.69, 9.17) is 5.73 Å². The lowest BCUT2D eigenvalue weighted by molar-refractivity contribution is 0.102. The van der Waals surface area contributed by atoms with Gasteiger partial charge in [0.05, 0.1) is 17.4 Å². The first-order valence-corrected chi connectivity index (χ1v) is 10.8. The van der Waals surface area contributed by atoms with Crippen LogP contribution in [0.5, 0.6) is 0 Å². The summed E-state index contributed by atoms with van der Waals surface area (Å²) in [5.41, 5.74) is 10.4. The highest BCUT2D eigenvalue weighted by Crippen LogP contribution is 2.38. The molecule has 6 aromatic rings. The molecule has 8 nitrogen and oxygen atoms in total. The van der Waals surface area contributed by atoms with Crippen molar-refractivity contribution in [3.63, 3.8) is 0 Å². The zero-order valence-corrected chi connectivity index (χ0v) is 17.8. The third-order valence-corrected chi connectivity index (χ3v) is 6.53. The maximum Gasteiger partial charge on any atom is 0.260 e. The molecule has 0 saturated carbocycles. The van der Waals surface area contributed by atoms with Gasteiger partial charge >= 0.3 is 0 Å². The second-order valence-electron chi connectivity index (χ2n) is 7.57. The molecule has 0 saturated heterocycles. The zero-order chi connectivity index (χ0) is 21.8. The number of thiophene rings is 1. The van der Waals surface area contributed by atoms with Crippen LogP contribution in [0, 0.1) is 6.92 Å². The molecule has 4 heterocycles. The van der Waals surface area contributed by atoms with Crippen molar-refractivity contribution in [1.82, 2.24) is 24.8 Å². The molecule has 0 aliphatic rings. The molecular weight excluding hydrogens is 422 g/mol. The number of hydrogen-bond donors (Lipinski definition) is 3. The van der Waals surface area contributed by atoms with Gasteiger partial charge in [-0.2, -0.15) is 14.7 Å². The average molecular weight is 440 g/mol. The van der Waals surface area contributed by atoms with E-state index in [1.54, 1.807) is 17.5 Å². The Labute approximate surface area is 185 Å². The number of H-pyrrole nitrogens is 1. The smallest absolute Gasteiger partial charge is 0.260 e.